The topological polar surface area (TPSA) is 80.0 Å². The van der Waals surface area contributed by atoms with Crippen molar-refractivity contribution in [3.8, 4) is 5.75 Å². The number of furan rings is 1. The highest BCUT2D eigenvalue weighted by Gasteiger charge is 2.32. The summed E-state index contributed by atoms with van der Waals surface area (Å²) in [6.07, 6.45) is 1.40. The zero-order chi connectivity index (χ0) is 17.8. The second-order valence-electron chi connectivity index (χ2n) is 5.90. The standard InChI is InChI=1S/C18H18FNO5/c19-12-3-5-14(6-4-12)24-11-15-7-8-16(25-15)18(23)20-9-1-2-13(20)10-17(21)22/h3-8,13H,1-2,9-11H2,(H,21,22). The van der Waals surface area contributed by atoms with Gasteiger partial charge in [-0.05, 0) is 49.2 Å². The first-order valence-electron chi connectivity index (χ1n) is 8.03. The number of halogens is 1. The number of hydrogen-bond donors (Lipinski definition) is 1. The van der Waals surface area contributed by atoms with Crippen molar-refractivity contribution in [1.29, 1.82) is 0 Å². The van der Waals surface area contributed by atoms with E-state index in [9.17, 15) is 14.0 Å². The van der Waals surface area contributed by atoms with Crippen LogP contribution in [0.3, 0.4) is 0 Å². The molecule has 1 aromatic carbocycles. The first-order chi connectivity index (χ1) is 12.0. The van der Waals surface area contributed by atoms with Crippen LogP contribution >= 0.6 is 0 Å². The quantitative estimate of drug-likeness (QED) is 0.869. The van der Waals surface area contributed by atoms with E-state index >= 15 is 0 Å². The normalized spacial score (nSPS) is 16.8. The molecule has 1 amide bonds. The van der Waals surface area contributed by atoms with Crippen molar-refractivity contribution >= 4 is 11.9 Å². The van der Waals surface area contributed by atoms with E-state index in [1.165, 1.54) is 24.3 Å². The maximum Gasteiger partial charge on any atom is 0.305 e. The maximum atomic E-state index is 12.8. The van der Waals surface area contributed by atoms with Crippen molar-refractivity contribution < 1.29 is 28.2 Å². The Morgan fingerprint density at radius 2 is 2.00 bits per heavy atom. The minimum absolute atomic E-state index is 0.0625. The fourth-order valence-electron chi connectivity index (χ4n) is 2.91. The van der Waals surface area contributed by atoms with E-state index in [1.54, 1.807) is 17.0 Å². The molecule has 6 nitrogen and oxygen atoms in total. The van der Waals surface area contributed by atoms with Crippen molar-refractivity contribution in [3.63, 3.8) is 0 Å². The van der Waals surface area contributed by atoms with Gasteiger partial charge in [-0.1, -0.05) is 0 Å². The van der Waals surface area contributed by atoms with Gasteiger partial charge < -0.3 is 19.2 Å². The highest BCUT2D eigenvalue weighted by atomic mass is 19.1. The van der Waals surface area contributed by atoms with Crippen LogP contribution in [-0.4, -0.2) is 34.5 Å². The lowest BCUT2D eigenvalue weighted by molar-refractivity contribution is -0.137. The Bertz CT molecular complexity index is 755. The molecule has 0 radical (unpaired) electrons. The summed E-state index contributed by atoms with van der Waals surface area (Å²) < 4.78 is 23.8. The van der Waals surface area contributed by atoms with Crippen LogP contribution in [-0.2, 0) is 11.4 Å². The minimum Gasteiger partial charge on any atom is -0.486 e. The predicted molar refractivity (Wildman–Crippen MR) is 85.8 cm³/mol. The van der Waals surface area contributed by atoms with Gasteiger partial charge in [0.2, 0.25) is 0 Å². The number of amides is 1. The number of aliphatic carboxylic acids is 1. The summed E-state index contributed by atoms with van der Waals surface area (Å²) in [5.41, 5.74) is 0. The summed E-state index contributed by atoms with van der Waals surface area (Å²) in [7, 11) is 0. The van der Waals surface area contributed by atoms with E-state index in [0.29, 0.717) is 24.5 Å². The summed E-state index contributed by atoms with van der Waals surface area (Å²) in [4.78, 5) is 25.0. The van der Waals surface area contributed by atoms with Gasteiger partial charge in [0.15, 0.2) is 5.76 Å². The van der Waals surface area contributed by atoms with Gasteiger partial charge >= 0.3 is 5.97 Å². The van der Waals surface area contributed by atoms with E-state index < -0.39 is 5.97 Å². The van der Waals surface area contributed by atoms with Gasteiger partial charge in [-0.2, -0.15) is 0 Å². The Hall–Kier alpha value is -2.83. The lowest BCUT2D eigenvalue weighted by Gasteiger charge is -2.22. The number of carbonyl (C=O) groups excluding carboxylic acids is 1. The smallest absolute Gasteiger partial charge is 0.305 e. The molecule has 7 heteroatoms. The fourth-order valence-corrected chi connectivity index (χ4v) is 2.91. The molecule has 1 unspecified atom stereocenters. The third kappa shape index (κ3) is 4.17. The minimum atomic E-state index is -0.919. The molecule has 1 aromatic heterocycles. The Morgan fingerprint density at radius 1 is 1.24 bits per heavy atom. The van der Waals surface area contributed by atoms with Gasteiger partial charge in [-0.3, -0.25) is 9.59 Å². The van der Waals surface area contributed by atoms with Crippen LogP contribution in [0.5, 0.6) is 5.75 Å². The number of carboxylic acids is 1. The molecule has 0 spiro atoms. The van der Waals surface area contributed by atoms with Crippen LogP contribution in [0.1, 0.15) is 35.6 Å². The first kappa shape index (κ1) is 17.0. The number of carboxylic acid groups (broad SMARTS) is 1. The van der Waals surface area contributed by atoms with Gasteiger partial charge in [-0.15, -0.1) is 0 Å². The zero-order valence-electron chi connectivity index (χ0n) is 13.5. The number of ether oxygens (including phenoxy) is 1. The van der Waals surface area contributed by atoms with Crippen molar-refractivity contribution in [3.05, 3.63) is 53.7 Å². The largest absolute Gasteiger partial charge is 0.486 e. The molecule has 3 rings (SSSR count). The second kappa shape index (κ2) is 7.38. The van der Waals surface area contributed by atoms with Gasteiger partial charge in [0.1, 0.15) is 23.9 Å². The molecule has 0 bridgehead atoms. The van der Waals surface area contributed by atoms with Gasteiger partial charge in [0.05, 0.1) is 6.42 Å². The lowest BCUT2D eigenvalue weighted by atomic mass is 10.1. The predicted octanol–water partition coefficient (Wildman–Crippen LogP) is 3.08. The van der Waals surface area contributed by atoms with Gasteiger partial charge in [-0.25, -0.2) is 4.39 Å². The third-order valence-corrected chi connectivity index (χ3v) is 4.12. The molecule has 0 aliphatic carbocycles. The number of nitrogens with zero attached hydrogens (tertiary/aromatic N) is 1. The van der Waals surface area contributed by atoms with Crippen molar-refractivity contribution in [2.24, 2.45) is 0 Å². The fraction of sp³-hybridized carbons (Fsp3) is 0.333. The molecule has 25 heavy (non-hydrogen) atoms. The number of likely N-dealkylation sites (tertiary alicyclic amines) is 1. The molecule has 0 saturated carbocycles. The summed E-state index contributed by atoms with van der Waals surface area (Å²) in [6, 6.07) is 8.50. The number of hydrogen-bond acceptors (Lipinski definition) is 4. The van der Waals surface area contributed by atoms with Crippen molar-refractivity contribution in [2.45, 2.75) is 31.9 Å². The Labute approximate surface area is 143 Å². The second-order valence-corrected chi connectivity index (χ2v) is 5.90. The molecule has 132 valence electrons. The average Bonchev–Trinajstić information content (AvgIpc) is 3.22. The van der Waals surface area contributed by atoms with Crippen LogP contribution in [0.4, 0.5) is 4.39 Å². The summed E-state index contributed by atoms with van der Waals surface area (Å²) in [5.74, 6) is -0.461. The van der Waals surface area contributed by atoms with Crippen LogP contribution in [0, 0.1) is 5.82 Å². The molecule has 1 atom stereocenters. The molecule has 1 fully saturated rings. The Kier molecular flexibility index (Phi) is 5.02. The zero-order valence-corrected chi connectivity index (χ0v) is 13.5. The monoisotopic (exact) mass is 347 g/mol. The van der Waals surface area contributed by atoms with E-state index in [0.717, 1.165) is 6.42 Å². The van der Waals surface area contributed by atoms with Crippen LogP contribution in [0.15, 0.2) is 40.8 Å². The Balaban J connectivity index is 1.61. The van der Waals surface area contributed by atoms with Crippen molar-refractivity contribution in [1.82, 2.24) is 4.90 Å². The van der Waals surface area contributed by atoms with E-state index in [4.69, 9.17) is 14.3 Å². The number of rotatable bonds is 6. The summed E-state index contributed by atoms with van der Waals surface area (Å²) in [6.45, 7) is 0.635. The summed E-state index contributed by atoms with van der Waals surface area (Å²) >= 11 is 0. The number of carbonyl (C=O) groups is 2. The molecule has 2 aromatic rings. The van der Waals surface area contributed by atoms with Crippen LogP contribution in [0.2, 0.25) is 0 Å². The van der Waals surface area contributed by atoms with Gasteiger partial charge in [0, 0.05) is 12.6 Å². The highest BCUT2D eigenvalue weighted by molar-refractivity contribution is 5.92. The van der Waals surface area contributed by atoms with Gasteiger partial charge in [0.25, 0.3) is 5.91 Å². The average molecular weight is 347 g/mol. The molecule has 2 heterocycles. The van der Waals surface area contributed by atoms with E-state index in [1.807, 2.05) is 0 Å². The lowest BCUT2D eigenvalue weighted by Crippen LogP contribution is -2.36. The van der Waals surface area contributed by atoms with Crippen LogP contribution in [0.25, 0.3) is 0 Å². The molecule has 1 saturated heterocycles. The number of benzene rings is 1. The molecular formula is C18H18FNO5. The first-order valence-corrected chi connectivity index (χ1v) is 8.03. The Morgan fingerprint density at radius 3 is 2.72 bits per heavy atom. The molecular weight excluding hydrogens is 329 g/mol. The third-order valence-electron chi connectivity index (χ3n) is 4.12. The highest BCUT2D eigenvalue weighted by Crippen LogP contribution is 2.24. The molecule has 1 aliphatic rings. The van der Waals surface area contributed by atoms with Crippen molar-refractivity contribution in [2.75, 3.05) is 6.54 Å². The van der Waals surface area contributed by atoms with E-state index in [-0.39, 0.29) is 36.6 Å². The van der Waals surface area contributed by atoms with Crippen LogP contribution < -0.4 is 4.74 Å². The summed E-state index contributed by atoms with van der Waals surface area (Å²) in [5, 5.41) is 8.94. The molecule has 1 N–H and O–H groups in total. The van der Waals surface area contributed by atoms with E-state index in [2.05, 4.69) is 0 Å². The maximum absolute atomic E-state index is 12.8. The molecule has 1 aliphatic heterocycles. The SMILES string of the molecule is O=C(O)CC1CCCN1C(=O)c1ccc(COc2ccc(F)cc2)o1.